The summed E-state index contributed by atoms with van der Waals surface area (Å²) in [7, 11) is -2.12. The number of rotatable bonds is 10. The molecule has 0 amide bonds. The maximum atomic E-state index is 12.4. The molecular weight excluding hydrogens is 472 g/mol. The van der Waals surface area contributed by atoms with E-state index in [0.29, 0.717) is 18.8 Å². The Hall–Kier alpha value is -3.61. The van der Waals surface area contributed by atoms with Crippen LogP contribution in [0.1, 0.15) is 17.5 Å². The van der Waals surface area contributed by atoms with Gasteiger partial charge in [-0.3, -0.25) is 4.18 Å². The Morgan fingerprint density at radius 1 is 0.694 bits per heavy atom. The molecule has 36 heavy (non-hydrogen) atoms. The molecular formula is C30H30O5S. The maximum Gasteiger partial charge on any atom is 0.296 e. The van der Waals surface area contributed by atoms with Gasteiger partial charge in [0, 0.05) is 23.1 Å². The monoisotopic (exact) mass is 502 g/mol. The summed E-state index contributed by atoms with van der Waals surface area (Å²) in [6, 6.07) is 28.8. The lowest BCUT2D eigenvalue weighted by Gasteiger charge is -2.17. The van der Waals surface area contributed by atoms with Crippen LogP contribution >= 0.6 is 0 Å². The van der Waals surface area contributed by atoms with E-state index >= 15 is 0 Å². The predicted molar refractivity (Wildman–Crippen MR) is 143 cm³/mol. The van der Waals surface area contributed by atoms with Crippen LogP contribution in [0.4, 0.5) is 0 Å². The van der Waals surface area contributed by atoms with Crippen molar-refractivity contribution in [2.75, 3.05) is 20.3 Å². The van der Waals surface area contributed by atoms with Gasteiger partial charge in [0.1, 0.15) is 11.5 Å². The predicted octanol–water partition coefficient (Wildman–Crippen LogP) is 6.82. The van der Waals surface area contributed by atoms with E-state index < -0.39 is 10.1 Å². The third-order valence-corrected chi connectivity index (χ3v) is 7.15. The molecule has 0 aliphatic rings. The highest BCUT2D eigenvalue weighted by Crippen LogP contribution is 2.42. The molecule has 0 unspecified atom stereocenters. The van der Waals surface area contributed by atoms with Gasteiger partial charge >= 0.3 is 0 Å². The first-order valence-electron chi connectivity index (χ1n) is 11.8. The van der Waals surface area contributed by atoms with Crippen LogP contribution in [-0.4, -0.2) is 28.7 Å². The highest BCUT2D eigenvalue weighted by Gasteiger charge is 2.17. The van der Waals surface area contributed by atoms with Crippen molar-refractivity contribution in [3.63, 3.8) is 0 Å². The van der Waals surface area contributed by atoms with E-state index in [-0.39, 0.29) is 11.5 Å². The van der Waals surface area contributed by atoms with E-state index in [0.717, 1.165) is 39.1 Å². The minimum absolute atomic E-state index is 0.0320. The lowest BCUT2D eigenvalue weighted by atomic mass is 9.96. The molecule has 4 aromatic carbocycles. The molecule has 186 valence electrons. The van der Waals surface area contributed by atoms with Gasteiger partial charge in [0.05, 0.1) is 25.2 Å². The van der Waals surface area contributed by atoms with E-state index in [9.17, 15) is 8.42 Å². The fourth-order valence-electron chi connectivity index (χ4n) is 3.98. The van der Waals surface area contributed by atoms with Crippen LogP contribution in [0.25, 0.3) is 22.3 Å². The molecule has 0 atom stereocenters. The molecule has 4 aromatic rings. The SMILES string of the molecule is COc1c(-c2ccccc2)cccc1-c1cc(C)ccc1OCCCOS(=O)(=O)c1ccc(C)cc1. The molecule has 0 saturated carbocycles. The van der Waals surface area contributed by atoms with Gasteiger partial charge in [-0.05, 0) is 43.7 Å². The fraction of sp³-hybridized carbons (Fsp3) is 0.200. The Morgan fingerprint density at radius 3 is 2.11 bits per heavy atom. The van der Waals surface area contributed by atoms with Gasteiger partial charge in [-0.2, -0.15) is 8.42 Å². The Morgan fingerprint density at radius 2 is 1.39 bits per heavy atom. The van der Waals surface area contributed by atoms with E-state index in [2.05, 4.69) is 18.2 Å². The molecule has 0 N–H and O–H groups in total. The number of hydrogen-bond donors (Lipinski definition) is 0. The molecule has 5 nitrogen and oxygen atoms in total. The molecule has 0 aliphatic carbocycles. The summed E-state index contributed by atoms with van der Waals surface area (Å²) < 4.78 is 42.0. The first kappa shape index (κ1) is 25.5. The van der Waals surface area contributed by atoms with Crippen molar-refractivity contribution in [2.24, 2.45) is 0 Å². The van der Waals surface area contributed by atoms with Crippen LogP contribution in [0.15, 0.2) is 95.9 Å². The highest BCUT2D eigenvalue weighted by molar-refractivity contribution is 7.86. The average molecular weight is 503 g/mol. The third kappa shape index (κ3) is 5.96. The Labute approximate surface area is 213 Å². The number of para-hydroxylation sites is 1. The van der Waals surface area contributed by atoms with Gasteiger partial charge < -0.3 is 9.47 Å². The van der Waals surface area contributed by atoms with Crippen LogP contribution in [0.2, 0.25) is 0 Å². The van der Waals surface area contributed by atoms with Crippen molar-refractivity contribution in [1.29, 1.82) is 0 Å². The maximum absolute atomic E-state index is 12.4. The summed E-state index contributed by atoms with van der Waals surface area (Å²) in [4.78, 5) is 0.153. The van der Waals surface area contributed by atoms with Gasteiger partial charge in [-0.15, -0.1) is 0 Å². The minimum Gasteiger partial charge on any atom is -0.495 e. The van der Waals surface area contributed by atoms with Crippen LogP contribution in [-0.2, 0) is 14.3 Å². The summed E-state index contributed by atoms with van der Waals surface area (Å²) in [5.41, 5.74) is 5.99. The van der Waals surface area contributed by atoms with Gasteiger partial charge in [-0.1, -0.05) is 77.9 Å². The van der Waals surface area contributed by atoms with Crippen molar-refractivity contribution in [3.05, 3.63) is 102 Å². The second-order valence-corrected chi connectivity index (χ2v) is 10.2. The summed E-state index contributed by atoms with van der Waals surface area (Å²) >= 11 is 0. The van der Waals surface area contributed by atoms with Crippen molar-refractivity contribution in [2.45, 2.75) is 25.2 Å². The molecule has 6 heteroatoms. The second kappa shape index (κ2) is 11.4. The van der Waals surface area contributed by atoms with Crippen LogP contribution < -0.4 is 9.47 Å². The molecule has 0 saturated heterocycles. The van der Waals surface area contributed by atoms with Crippen LogP contribution in [0, 0.1) is 13.8 Å². The van der Waals surface area contributed by atoms with E-state index in [1.807, 2.05) is 62.4 Å². The summed E-state index contributed by atoms with van der Waals surface area (Å²) in [6.45, 7) is 4.27. The summed E-state index contributed by atoms with van der Waals surface area (Å²) in [5, 5.41) is 0. The number of ether oxygens (including phenoxy) is 2. The van der Waals surface area contributed by atoms with E-state index in [1.54, 1.807) is 31.4 Å². The van der Waals surface area contributed by atoms with Gasteiger partial charge in [-0.25, -0.2) is 0 Å². The zero-order chi connectivity index (χ0) is 25.5. The minimum atomic E-state index is -3.79. The standard InChI is InChI=1S/C30H30O5S/c1-22-13-16-25(17-14-22)36(31,32)35-20-8-19-34-29-18-15-23(2)21-28(29)27-12-7-11-26(30(27)33-3)24-9-5-4-6-10-24/h4-7,9-18,21H,8,19-20H2,1-3H3. The Kier molecular flexibility index (Phi) is 8.08. The van der Waals surface area contributed by atoms with Crippen molar-refractivity contribution in [3.8, 4) is 33.8 Å². The smallest absolute Gasteiger partial charge is 0.296 e. The molecule has 0 spiro atoms. The Bertz CT molecular complexity index is 1410. The number of aryl methyl sites for hydroxylation is 2. The van der Waals surface area contributed by atoms with E-state index in [4.69, 9.17) is 13.7 Å². The fourth-order valence-corrected chi connectivity index (χ4v) is 4.92. The molecule has 0 aromatic heterocycles. The molecule has 0 fully saturated rings. The van der Waals surface area contributed by atoms with Gasteiger partial charge in [0.25, 0.3) is 10.1 Å². The molecule has 4 rings (SSSR count). The average Bonchev–Trinajstić information content (AvgIpc) is 2.89. The number of methoxy groups -OCH3 is 1. The topological polar surface area (TPSA) is 61.8 Å². The third-order valence-electron chi connectivity index (χ3n) is 5.82. The molecule has 0 bridgehead atoms. The lowest BCUT2D eigenvalue weighted by Crippen LogP contribution is -2.10. The van der Waals surface area contributed by atoms with Crippen LogP contribution in [0.5, 0.6) is 11.5 Å². The molecule has 0 aliphatic heterocycles. The molecule has 0 heterocycles. The van der Waals surface area contributed by atoms with E-state index in [1.165, 1.54) is 0 Å². The van der Waals surface area contributed by atoms with Crippen molar-refractivity contribution < 1.29 is 22.1 Å². The largest absolute Gasteiger partial charge is 0.495 e. The van der Waals surface area contributed by atoms with Gasteiger partial charge in [0.2, 0.25) is 0 Å². The zero-order valence-corrected chi connectivity index (χ0v) is 21.5. The number of benzene rings is 4. The van der Waals surface area contributed by atoms with Crippen molar-refractivity contribution >= 4 is 10.1 Å². The van der Waals surface area contributed by atoms with Gasteiger partial charge in [0.15, 0.2) is 0 Å². The zero-order valence-electron chi connectivity index (χ0n) is 20.7. The second-order valence-electron chi connectivity index (χ2n) is 8.54. The summed E-state index contributed by atoms with van der Waals surface area (Å²) in [5.74, 6) is 1.47. The number of hydrogen-bond acceptors (Lipinski definition) is 5. The Balaban J connectivity index is 1.49. The first-order valence-corrected chi connectivity index (χ1v) is 13.2. The highest BCUT2D eigenvalue weighted by atomic mass is 32.2. The molecule has 0 radical (unpaired) electrons. The van der Waals surface area contributed by atoms with Crippen molar-refractivity contribution in [1.82, 2.24) is 0 Å². The van der Waals surface area contributed by atoms with Crippen LogP contribution in [0.3, 0.4) is 0 Å². The normalized spacial score (nSPS) is 11.3. The quantitative estimate of drug-likeness (QED) is 0.176. The first-order chi connectivity index (χ1) is 17.4. The summed E-state index contributed by atoms with van der Waals surface area (Å²) in [6.07, 6.45) is 0.416. The lowest BCUT2D eigenvalue weighted by molar-refractivity contribution is 0.251.